The lowest BCUT2D eigenvalue weighted by atomic mass is 9.89. The number of carbonyl (C=O) groups is 1. The molecule has 0 saturated carbocycles. The van der Waals surface area contributed by atoms with Gasteiger partial charge in [-0.15, -0.1) is 0 Å². The summed E-state index contributed by atoms with van der Waals surface area (Å²) in [6.07, 6.45) is 14.1. The Bertz CT molecular complexity index is 719. The van der Waals surface area contributed by atoms with Crippen molar-refractivity contribution in [3.63, 3.8) is 0 Å². The van der Waals surface area contributed by atoms with Crippen LogP contribution in [-0.2, 0) is 16.9 Å². The molecule has 0 aromatic carbocycles. The molecule has 2 aromatic rings. The second-order valence-corrected chi connectivity index (χ2v) is 6.72. The van der Waals surface area contributed by atoms with Gasteiger partial charge in [0.1, 0.15) is 11.9 Å². The quantitative estimate of drug-likeness (QED) is 0.838. The third-order valence-electron chi connectivity index (χ3n) is 5.23. The first-order valence-corrected chi connectivity index (χ1v) is 8.85. The molecule has 7 nitrogen and oxygen atoms in total. The molecule has 2 aliphatic heterocycles. The molecule has 1 unspecified atom stereocenters. The van der Waals surface area contributed by atoms with Gasteiger partial charge in [-0.05, 0) is 32.2 Å². The third kappa shape index (κ3) is 2.89. The second-order valence-electron chi connectivity index (χ2n) is 6.72. The standard InChI is InChI=1S/C18H22N6O/c25-17(23-7-1-2-8-23)18(16-12-19-5-6-22-16)4-3-9-24(18)13-15-10-20-14-21-11-15/h5-6,10-12,14H,1-4,7-9,13H2. The predicted octanol–water partition coefficient (Wildman–Crippen LogP) is 1.38. The average Bonchev–Trinajstić information content (AvgIpc) is 3.33. The summed E-state index contributed by atoms with van der Waals surface area (Å²) in [5.74, 6) is 0.167. The molecule has 0 spiro atoms. The van der Waals surface area contributed by atoms with E-state index in [9.17, 15) is 4.79 Å². The summed E-state index contributed by atoms with van der Waals surface area (Å²) in [4.78, 5) is 34.8. The largest absolute Gasteiger partial charge is 0.341 e. The van der Waals surface area contributed by atoms with Gasteiger partial charge in [-0.25, -0.2) is 9.97 Å². The molecule has 25 heavy (non-hydrogen) atoms. The minimum atomic E-state index is -0.728. The first-order valence-electron chi connectivity index (χ1n) is 8.85. The predicted molar refractivity (Wildman–Crippen MR) is 91.2 cm³/mol. The summed E-state index contributed by atoms with van der Waals surface area (Å²) < 4.78 is 0. The van der Waals surface area contributed by atoms with Gasteiger partial charge in [0.25, 0.3) is 0 Å². The van der Waals surface area contributed by atoms with E-state index in [0.717, 1.165) is 56.6 Å². The Labute approximate surface area is 147 Å². The van der Waals surface area contributed by atoms with Gasteiger partial charge >= 0.3 is 0 Å². The Morgan fingerprint density at radius 2 is 1.80 bits per heavy atom. The van der Waals surface area contributed by atoms with Crippen LogP contribution in [-0.4, -0.2) is 55.3 Å². The van der Waals surface area contributed by atoms with Gasteiger partial charge in [0.2, 0.25) is 5.91 Å². The Balaban J connectivity index is 1.72. The highest BCUT2D eigenvalue weighted by atomic mass is 16.2. The highest BCUT2D eigenvalue weighted by molar-refractivity contribution is 5.87. The molecular weight excluding hydrogens is 316 g/mol. The molecule has 0 aliphatic carbocycles. The minimum absolute atomic E-state index is 0.167. The van der Waals surface area contributed by atoms with Crippen molar-refractivity contribution < 1.29 is 4.79 Å². The zero-order valence-corrected chi connectivity index (χ0v) is 14.2. The lowest BCUT2D eigenvalue weighted by Gasteiger charge is -2.39. The van der Waals surface area contributed by atoms with Crippen molar-refractivity contribution in [2.75, 3.05) is 19.6 Å². The third-order valence-corrected chi connectivity index (χ3v) is 5.23. The van der Waals surface area contributed by atoms with Crippen molar-refractivity contribution in [3.8, 4) is 0 Å². The van der Waals surface area contributed by atoms with Crippen LogP contribution in [0.25, 0.3) is 0 Å². The highest BCUT2D eigenvalue weighted by Crippen LogP contribution is 2.41. The zero-order chi connectivity index (χ0) is 17.1. The van der Waals surface area contributed by atoms with E-state index >= 15 is 0 Å². The van der Waals surface area contributed by atoms with E-state index in [0.29, 0.717) is 6.54 Å². The maximum Gasteiger partial charge on any atom is 0.249 e. The molecule has 2 aliphatic rings. The van der Waals surface area contributed by atoms with Crippen LogP contribution in [0.5, 0.6) is 0 Å². The SMILES string of the molecule is O=C(N1CCCC1)C1(c2cnccn2)CCCN1Cc1cncnc1. The van der Waals surface area contributed by atoms with E-state index < -0.39 is 5.54 Å². The van der Waals surface area contributed by atoms with E-state index in [-0.39, 0.29) is 5.91 Å². The molecule has 1 amide bonds. The van der Waals surface area contributed by atoms with Crippen molar-refractivity contribution in [1.29, 1.82) is 0 Å². The molecule has 4 heterocycles. The van der Waals surface area contributed by atoms with Crippen LogP contribution >= 0.6 is 0 Å². The number of hydrogen-bond acceptors (Lipinski definition) is 6. The van der Waals surface area contributed by atoms with Crippen molar-refractivity contribution in [1.82, 2.24) is 29.7 Å². The van der Waals surface area contributed by atoms with Crippen molar-refractivity contribution in [2.45, 2.75) is 37.8 Å². The molecule has 2 aromatic heterocycles. The van der Waals surface area contributed by atoms with Gasteiger partial charge in [-0.3, -0.25) is 19.7 Å². The summed E-state index contributed by atoms with van der Waals surface area (Å²) >= 11 is 0. The van der Waals surface area contributed by atoms with Crippen molar-refractivity contribution >= 4 is 5.91 Å². The molecule has 130 valence electrons. The fourth-order valence-electron chi connectivity index (χ4n) is 4.06. The van der Waals surface area contributed by atoms with Crippen LogP contribution in [0.1, 0.15) is 36.9 Å². The van der Waals surface area contributed by atoms with Crippen LogP contribution in [0.4, 0.5) is 0 Å². The number of nitrogens with zero attached hydrogens (tertiary/aromatic N) is 6. The number of hydrogen-bond donors (Lipinski definition) is 0. The molecule has 0 bridgehead atoms. The van der Waals surface area contributed by atoms with Crippen LogP contribution in [0.15, 0.2) is 37.3 Å². The van der Waals surface area contributed by atoms with Gasteiger partial charge in [0, 0.05) is 50.0 Å². The lowest BCUT2D eigenvalue weighted by molar-refractivity contribution is -0.143. The van der Waals surface area contributed by atoms with E-state index in [2.05, 4.69) is 24.8 Å². The Morgan fingerprint density at radius 3 is 2.52 bits per heavy atom. The molecule has 2 saturated heterocycles. The molecule has 1 atom stereocenters. The van der Waals surface area contributed by atoms with Gasteiger partial charge in [0.05, 0.1) is 11.9 Å². The summed E-state index contributed by atoms with van der Waals surface area (Å²) in [7, 11) is 0. The molecule has 2 fully saturated rings. The second kappa shape index (κ2) is 6.84. The fourth-order valence-corrected chi connectivity index (χ4v) is 4.06. The number of aromatic nitrogens is 4. The Morgan fingerprint density at radius 1 is 1.00 bits per heavy atom. The zero-order valence-electron chi connectivity index (χ0n) is 14.2. The van der Waals surface area contributed by atoms with E-state index in [1.165, 1.54) is 6.33 Å². The Hall–Kier alpha value is -2.41. The maximum absolute atomic E-state index is 13.6. The van der Waals surface area contributed by atoms with E-state index in [4.69, 9.17) is 0 Å². The monoisotopic (exact) mass is 338 g/mol. The van der Waals surface area contributed by atoms with Crippen LogP contribution in [0.3, 0.4) is 0 Å². The number of rotatable bonds is 4. The number of likely N-dealkylation sites (tertiary alicyclic amines) is 2. The fraction of sp³-hybridized carbons (Fsp3) is 0.500. The lowest BCUT2D eigenvalue weighted by Crippen LogP contribution is -2.54. The Kier molecular flexibility index (Phi) is 4.40. The molecule has 4 rings (SSSR count). The van der Waals surface area contributed by atoms with Gasteiger partial charge in [0.15, 0.2) is 0 Å². The minimum Gasteiger partial charge on any atom is -0.341 e. The van der Waals surface area contributed by atoms with E-state index in [1.54, 1.807) is 18.6 Å². The number of carbonyl (C=O) groups excluding carboxylic acids is 1. The summed E-state index contributed by atoms with van der Waals surface area (Å²) in [5, 5.41) is 0. The van der Waals surface area contributed by atoms with Gasteiger partial charge in [-0.1, -0.05) is 0 Å². The number of amides is 1. The normalized spacial score (nSPS) is 23.9. The first-order chi connectivity index (χ1) is 12.3. The van der Waals surface area contributed by atoms with Crippen LogP contribution < -0.4 is 0 Å². The van der Waals surface area contributed by atoms with Gasteiger partial charge in [-0.2, -0.15) is 0 Å². The summed E-state index contributed by atoms with van der Waals surface area (Å²) in [6, 6.07) is 0. The molecular formula is C18H22N6O. The molecule has 0 N–H and O–H groups in total. The summed E-state index contributed by atoms with van der Waals surface area (Å²) in [5.41, 5.74) is 1.03. The average molecular weight is 338 g/mol. The van der Waals surface area contributed by atoms with Crippen LogP contribution in [0.2, 0.25) is 0 Å². The summed E-state index contributed by atoms with van der Waals surface area (Å²) in [6.45, 7) is 3.16. The van der Waals surface area contributed by atoms with Crippen molar-refractivity contribution in [2.24, 2.45) is 0 Å². The van der Waals surface area contributed by atoms with Crippen LogP contribution in [0, 0.1) is 0 Å². The van der Waals surface area contributed by atoms with Crippen molar-refractivity contribution in [3.05, 3.63) is 48.6 Å². The first kappa shape index (κ1) is 16.1. The smallest absolute Gasteiger partial charge is 0.249 e. The van der Waals surface area contributed by atoms with Gasteiger partial charge < -0.3 is 4.90 Å². The molecule has 0 radical (unpaired) electrons. The highest BCUT2D eigenvalue weighted by Gasteiger charge is 2.52. The topological polar surface area (TPSA) is 75.1 Å². The van der Waals surface area contributed by atoms with E-state index in [1.807, 2.05) is 17.3 Å². The molecule has 7 heteroatoms. The maximum atomic E-state index is 13.6.